The molecule has 0 aliphatic carbocycles. The van der Waals surface area contributed by atoms with Gasteiger partial charge in [-0.05, 0) is 166 Å². The van der Waals surface area contributed by atoms with Gasteiger partial charge >= 0.3 is 0 Å². The van der Waals surface area contributed by atoms with Crippen molar-refractivity contribution in [1.29, 1.82) is 0 Å². The van der Waals surface area contributed by atoms with Crippen molar-refractivity contribution in [2.75, 3.05) is 0 Å². The van der Waals surface area contributed by atoms with Gasteiger partial charge in [-0.1, -0.05) is 255 Å². The summed E-state index contributed by atoms with van der Waals surface area (Å²) in [4.78, 5) is 0. The van der Waals surface area contributed by atoms with Crippen LogP contribution in [0.2, 0.25) is 0 Å². The third-order valence-corrected chi connectivity index (χ3v) is 16.4. The second-order valence-electron chi connectivity index (χ2n) is 20.5. The lowest BCUT2D eigenvalue weighted by Gasteiger charge is -2.20. The Bertz CT molecular complexity index is 4970. The largest absolute Gasteiger partial charge is 0.456 e. The Kier molecular flexibility index (Phi) is 9.71. The average molecular weight is 975 g/mol. The number of hydrogen-bond donors (Lipinski definition) is 0. The zero-order chi connectivity index (χ0) is 50.6. The van der Waals surface area contributed by atoms with Crippen LogP contribution in [0.15, 0.2) is 283 Å². The maximum absolute atomic E-state index is 6.46. The number of fused-ring (bicyclic) bond motifs is 10. The van der Waals surface area contributed by atoms with E-state index < -0.39 is 0 Å². The molecule has 0 unspecified atom stereocenters. The van der Waals surface area contributed by atoms with Crippen molar-refractivity contribution in [3.63, 3.8) is 0 Å². The van der Waals surface area contributed by atoms with Crippen molar-refractivity contribution in [1.82, 2.24) is 0 Å². The van der Waals surface area contributed by atoms with Gasteiger partial charge in [0, 0.05) is 10.8 Å². The van der Waals surface area contributed by atoms with Gasteiger partial charge < -0.3 is 4.42 Å². The van der Waals surface area contributed by atoms with E-state index in [4.69, 9.17) is 4.42 Å². The van der Waals surface area contributed by atoms with Crippen LogP contribution in [0.3, 0.4) is 0 Å². The van der Waals surface area contributed by atoms with Crippen LogP contribution >= 0.6 is 0 Å². The van der Waals surface area contributed by atoms with Gasteiger partial charge in [-0.2, -0.15) is 0 Å². The van der Waals surface area contributed by atoms with E-state index in [1.165, 1.54) is 142 Å². The molecule has 1 aromatic heterocycles. The first-order valence-electron chi connectivity index (χ1n) is 26.6. The Hall–Kier alpha value is -10.1. The average Bonchev–Trinajstić information content (AvgIpc) is 3.89. The molecule has 0 atom stereocenters. The molecular weight excluding hydrogens is 929 g/mol. The summed E-state index contributed by atoms with van der Waals surface area (Å²) in [5, 5.41) is 19.5. The Morgan fingerprint density at radius 1 is 0.182 bits per heavy atom. The molecule has 0 radical (unpaired) electrons. The summed E-state index contributed by atoms with van der Waals surface area (Å²) >= 11 is 0. The molecule has 77 heavy (non-hydrogen) atoms. The van der Waals surface area contributed by atoms with Crippen LogP contribution < -0.4 is 0 Å². The molecule has 0 N–H and O–H groups in total. The molecule has 0 bridgehead atoms. The van der Waals surface area contributed by atoms with Crippen LogP contribution in [0.25, 0.3) is 164 Å². The lowest BCUT2D eigenvalue weighted by atomic mass is 9.83. The van der Waals surface area contributed by atoms with E-state index in [1.54, 1.807) is 0 Å². The van der Waals surface area contributed by atoms with Crippen LogP contribution in [0.5, 0.6) is 0 Å². The topological polar surface area (TPSA) is 13.1 Å². The summed E-state index contributed by atoms with van der Waals surface area (Å²) in [5.41, 5.74) is 16.5. The lowest BCUT2D eigenvalue weighted by molar-refractivity contribution is 0.669. The summed E-state index contributed by atoms with van der Waals surface area (Å²) in [5.74, 6) is 0. The van der Waals surface area contributed by atoms with Crippen LogP contribution in [-0.2, 0) is 0 Å². The highest BCUT2D eigenvalue weighted by atomic mass is 16.3. The first-order valence-corrected chi connectivity index (χ1v) is 26.6. The van der Waals surface area contributed by atoms with Crippen molar-refractivity contribution < 1.29 is 4.42 Å². The minimum absolute atomic E-state index is 0.901. The third-order valence-electron chi connectivity index (χ3n) is 16.4. The fourth-order valence-corrected chi connectivity index (χ4v) is 13.1. The van der Waals surface area contributed by atoms with Crippen molar-refractivity contribution in [2.45, 2.75) is 0 Å². The Morgan fingerprint density at radius 2 is 0.519 bits per heavy atom. The van der Waals surface area contributed by atoms with Gasteiger partial charge in [0.2, 0.25) is 0 Å². The molecule has 0 fully saturated rings. The Balaban J connectivity index is 0.857. The van der Waals surface area contributed by atoms with Gasteiger partial charge in [-0.15, -0.1) is 0 Å². The summed E-state index contributed by atoms with van der Waals surface area (Å²) in [6, 6.07) is 103. The Labute approximate surface area is 445 Å². The standard InChI is InChI=1S/C76H46O/c1-2-21-54-47(17-1)18-13-31-55(54)50-37-41-51(42-38-50)72-56-22-3-5-24-58(56)73(59-25-6-4-23-57(59)72)64-32-14-19-48-39-43-52(45-68(48)64)53-44-40-49-20-15-33-65(69(49)46-53)74-60-26-7-9-28-62(60)75(63-29-10-8-27-61(63)74)67-34-16-36-71-76(67)66-30-11-12-35-70(66)77-71/h1-46H. The minimum atomic E-state index is 0.901. The van der Waals surface area contributed by atoms with E-state index in [0.29, 0.717) is 0 Å². The molecule has 1 heteroatoms. The molecule has 16 aromatic rings. The monoisotopic (exact) mass is 974 g/mol. The predicted octanol–water partition coefficient (Wildman–Crippen LogP) is 21.7. The van der Waals surface area contributed by atoms with Crippen molar-refractivity contribution >= 4 is 97.3 Å². The molecule has 0 saturated carbocycles. The lowest BCUT2D eigenvalue weighted by Crippen LogP contribution is -1.92. The quantitative estimate of drug-likeness (QED) is 0.151. The summed E-state index contributed by atoms with van der Waals surface area (Å²) in [6.45, 7) is 0. The molecule has 1 nitrogen and oxygen atoms in total. The van der Waals surface area contributed by atoms with E-state index in [-0.39, 0.29) is 0 Å². The van der Waals surface area contributed by atoms with Crippen LogP contribution in [0.4, 0.5) is 0 Å². The molecule has 15 aromatic carbocycles. The number of para-hydroxylation sites is 1. The highest BCUT2D eigenvalue weighted by Crippen LogP contribution is 2.50. The van der Waals surface area contributed by atoms with Gasteiger partial charge in [0.25, 0.3) is 0 Å². The maximum atomic E-state index is 6.46. The van der Waals surface area contributed by atoms with Crippen molar-refractivity contribution in [3.05, 3.63) is 279 Å². The van der Waals surface area contributed by atoms with Gasteiger partial charge in [0.05, 0.1) is 0 Å². The number of benzene rings is 15. The second-order valence-corrected chi connectivity index (χ2v) is 20.5. The zero-order valence-electron chi connectivity index (χ0n) is 42.0. The van der Waals surface area contributed by atoms with E-state index in [2.05, 4.69) is 273 Å². The summed E-state index contributed by atoms with van der Waals surface area (Å²) in [6.07, 6.45) is 0. The highest BCUT2D eigenvalue weighted by molar-refractivity contribution is 6.28. The Morgan fingerprint density at radius 3 is 1.04 bits per heavy atom. The number of rotatable bonds is 6. The summed E-state index contributed by atoms with van der Waals surface area (Å²) < 4.78 is 6.46. The molecule has 1 heterocycles. The zero-order valence-corrected chi connectivity index (χ0v) is 42.0. The fraction of sp³-hybridized carbons (Fsp3) is 0. The number of furan rings is 1. The van der Waals surface area contributed by atoms with Crippen LogP contribution in [0.1, 0.15) is 0 Å². The molecule has 0 saturated heterocycles. The maximum Gasteiger partial charge on any atom is 0.136 e. The normalized spacial score (nSPS) is 11.9. The van der Waals surface area contributed by atoms with E-state index in [9.17, 15) is 0 Å². The highest BCUT2D eigenvalue weighted by Gasteiger charge is 2.23. The molecule has 0 aliphatic rings. The fourth-order valence-electron chi connectivity index (χ4n) is 13.1. The van der Waals surface area contributed by atoms with Gasteiger partial charge in [-0.3, -0.25) is 0 Å². The van der Waals surface area contributed by atoms with Crippen molar-refractivity contribution in [3.8, 4) is 66.8 Å². The summed E-state index contributed by atoms with van der Waals surface area (Å²) in [7, 11) is 0. The molecule has 0 amide bonds. The van der Waals surface area contributed by atoms with Crippen molar-refractivity contribution in [2.24, 2.45) is 0 Å². The predicted molar refractivity (Wildman–Crippen MR) is 329 cm³/mol. The first-order chi connectivity index (χ1) is 38.2. The molecule has 356 valence electrons. The van der Waals surface area contributed by atoms with Gasteiger partial charge in [0.1, 0.15) is 11.2 Å². The SMILES string of the molecule is c1ccc2c(-c3ccc(-c4c5ccccc5c(-c5cccc6ccc(-c7ccc8cccc(-c9c%10ccccc%10c(-c%10cccc%11oc%12ccccc%12c%10%11)c%10ccccc9%10)c8c7)cc56)c5ccccc45)cc3)cccc2c1. The molecule has 0 spiro atoms. The smallest absolute Gasteiger partial charge is 0.136 e. The van der Waals surface area contributed by atoms with Gasteiger partial charge in [-0.25, -0.2) is 0 Å². The minimum Gasteiger partial charge on any atom is -0.456 e. The van der Waals surface area contributed by atoms with E-state index in [1.807, 2.05) is 6.07 Å². The van der Waals surface area contributed by atoms with Gasteiger partial charge in [0.15, 0.2) is 0 Å². The number of hydrogen-bond acceptors (Lipinski definition) is 1. The van der Waals surface area contributed by atoms with E-state index in [0.717, 1.165) is 21.9 Å². The first kappa shape index (κ1) is 43.3. The molecule has 16 rings (SSSR count). The second kappa shape index (κ2) is 17.2. The molecular formula is C76H46O. The third kappa shape index (κ3) is 6.74. The van der Waals surface area contributed by atoms with Crippen LogP contribution in [0, 0.1) is 0 Å². The van der Waals surface area contributed by atoms with E-state index >= 15 is 0 Å². The molecule has 0 aliphatic heterocycles. The van der Waals surface area contributed by atoms with Crippen LogP contribution in [-0.4, -0.2) is 0 Å².